The number of hydrogen-bond donors (Lipinski definition) is 1. The van der Waals surface area contributed by atoms with E-state index in [0.29, 0.717) is 26.1 Å². The monoisotopic (exact) mass is 364 g/mol. The zero-order valence-electron chi connectivity index (χ0n) is 13.0. The molecule has 124 valence electrons. The molecule has 3 rings (SSSR count). The number of anilines is 1. The van der Waals surface area contributed by atoms with Crippen LogP contribution in [0.5, 0.6) is 5.75 Å². The fourth-order valence-electron chi connectivity index (χ4n) is 2.15. The van der Waals surface area contributed by atoms with Gasteiger partial charge in [-0.3, -0.25) is 10.1 Å². The molecule has 2 aromatic carbocycles. The van der Waals surface area contributed by atoms with E-state index in [-0.39, 0.29) is 11.7 Å². The number of nitrogens with zero attached hydrogens (tertiary/aromatic N) is 1. The molecular formula is C17H14ClFN2O2S. The van der Waals surface area contributed by atoms with Crippen molar-refractivity contribution in [1.82, 2.24) is 4.98 Å². The van der Waals surface area contributed by atoms with Crippen molar-refractivity contribution in [3.8, 4) is 5.75 Å². The molecule has 24 heavy (non-hydrogen) atoms. The highest BCUT2D eigenvalue weighted by Crippen LogP contribution is 2.27. The van der Waals surface area contributed by atoms with Crippen LogP contribution in [0.1, 0.15) is 12.5 Å². The zero-order chi connectivity index (χ0) is 17.3. The van der Waals surface area contributed by atoms with Gasteiger partial charge in [-0.25, -0.2) is 9.37 Å². The molecule has 1 aromatic heterocycles. The van der Waals surface area contributed by atoms with Gasteiger partial charge in [0.2, 0.25) is 0 Å². The standard InChI is InChI=1S/C17H14ClFN2O2S/c1-9-7-11(18)3-6-14(9)23-10(2)16(22)21-17-20-13-5-4-12(19)8-15(13)24-17/h3-8,10H,1-2H3,(H,20,21,22)/t10-/m1/s1. The van der Waals surface area contributed by atoms with Gasteiger partial charge in [-0.05, 0) is 55.8 Å². The summed E-state index contributed by atoms with van der Waals surface area (Å²) in [6.07, 6.45) is -0.714. The Morgan fingerprint density at radius 3 is 2.88 bits per heavy atom. The number of carbonyl (C=O) groups is 1. The molecule has 0 aliphatic heterocycles. The van der Waals surface area contributed by atoms with E-state index in [2.05, 4.69) is 10.3 Å². The SMILES string of the molecule is Cc1cc(Cl)ccc1O[C@H](C)C(=O)Nc1nc2ccc(F)cc2s1. The quantitative estimate of drug-likeness (QED) is 0.723. The van der Waals surface area contributed by atoms with Gasteiger partial charge in [-0.2, -0.15) is 0 Å². The van der Waals surface area contributed by atoms with Crippen molar-refractivity contribution in [2.75, 3.05) is 5.32 Å². The predicted octanol–water partition coefficient (Wildman–Crippen LogP) is 4.80. The van der Waals surface area contributed by atoms with Crippen molar-refractivity contribution in [2.24, 2.45) is 0 Å². The number of aromatic nitrogens is 1. The molecule has 0 aliphatic carbocycles. The van der Waals surface area contributed by atoms with E-state index in [0.717, 1.165) is 5.56 Å². The fraction of sp³-hybridized carbons (Fsp3) is 0.176. The molecule has 0 spiro atoms. The Balaban J connectivity index is 1.70. The number of fused-ring (bicyclic) bond motifs is 1. The molecule has 0 bridgehead atoms. The van der Waals surface area contributed by atoms with Crippen LogP contribution in [0.4, 0.5) is 9.52 Å². The number of thiazole rings is 1. The molecule has 0 saturated heterocycles. The summed E-state index contributed by atoms with van der Waals surface area (Å²) < 4.78 is 19.6. The van der Waals surface area contributed by atoms with Crippen molar-refractivity contribution < 1.29 is 13.9 Å². The molecule has 1 amide bonds. The number of carbonyl (C=O) groups excluding carboxylic acids is 1. The van der Waals surface area contributed by atoms with E-state index < -0.39 is 6.10 Å². The van der Waals surface area contributed by atoms with Crippen LogP contribution < -0.4 is 10.1 Å². The first-order valence-electron chi connectivity index (χ1n) is 7.22. The van der Waals surface area contributed by atoms with E-state index in [9.17, 15) is 9.18 Å². The fourth-order valence-corrected chi connectivity index (χ4v) is 3.27. The third-order valence-electron chi connectivity index (χ3n) is 3.39. The lowest BCUT2D eigenvalue weighted by Crippen LogP contribution is -2.30. The number of amides is 1. The Morgan fingerprint density at radius 1 is 1.33 bits per heavy atom. The molecule has 1 atom stereocenters. The summed E-state index contributed by atoms with van der Waals surface area (Å²) in [6, 6.07) is 9.50. The molecule has 1 N–H and O–H groups in total. The maximum Gasteiger partial charge on any atom is 0.266 e. The number of aryl methyl sites for hydroxylation is 1. The minimum absolute atomic E-state index is 0.330. The Labute approximate surface area is 147 Å². The van der Waals surface area contributed by atoms with E-state index >= 15 is 0 Å². The molecule has 0 radical (unpaired) electrons. The van der Waals surface area contributed by atoms with Crippen molar-refractivity contribution in [1.29, 1.82) is 0 Å². The summed E-state index contributed by atoms with van der Waals surface area (Å²) in [6.45, 7) is 3.50. The number of ether oxygens (including phenoxy) is 1. The minimum atomic E-state index is -0.714. The van der Waals surface area contributed by atoms with Crippen LogP contribution in [0.3, 0.4) is 0 Å². The molecule has 0 fully saturated rings. The molecule has 7 heteroatoms. The summed E-state index contributed by atoms with van der Waals surface area (Å²) in [4.78, 5) is 16.5. The van der Waals surface area contributed by atoms with Crippen LogP contribution >= 0.6 is 22.9 Å². The summed E-state index contributed by atoms with van der Waals surface area (Å²) in [7, 11) is 0. The van der Waals surface area contributed by atoms with Crippen LogP contribution in [0, 0.1) is 12.7 Å². The normalized spacial score (nSPS) is 12.2. The van der Waals surface area contributed by atoms with Crippen molar-refractivity contribution in [2.45, 2.75) is 20.0 Å². The van der Waals surface area contributed by atoms with Gasteiger partial charge in [0, 0.05) is 5.02 Å². The number of rotatable bonds is 4. The van der Waals surface area contributed by atoms with Crippen LogP contribution in [-0.4, -0.2) is 17.0 Å². The van der Waals surface area contributed by atoms with Gasteiger partial charge in [0.1, 0.15) is 11.6 Å². The van der Waals surface area contributed by atoms with Gasteiger partial charge in [0.15, 0.2) is 11.2 Å². The van der Waals surface area contributed by atoms with E-state index in [1.165, 1.54) is 23.5 Å². The van der Waals surface area contributed by atoms with Gasteiger partial charge in [-0.15, -0.1) is 0 Å². The van der Waals surface area contributed by atoms with E-state index in [1.807, 2.05) is 6.92 Å². The Bertz CT molecular complexity index is 913. The lowest BCUT2D eigenvalue weighted by molar-refractivity contribution is -0.122. The number of halogens is 2. The second-order valence-corrected chi connectivity index (χ2v) is 6.76. The first kappa shape index (κ1) is 16.7. The number of benzene rings is 2. The summed E-state index contributed by atoms with van der Waals surface area (Å²) in [5.41, 5.74) is 1.48. The Hall–Kier alpha value is -2.18. The van der Waals surface area contributed by atoms with Gasteiger partial charge >= 0.3 is 0 Å². The summed E-state index contributed by atoms with van der Waals surface area (Å²) >= 11 is 7.12. The topological polar surface area (TPSA) is 51.2 Å². The predicted molar refractivity (Wildman–Crippen MR) is 94.5 cm³/mol. The summed E-state index contributed by atoms with van der Waals surface area (Å²) in [5, 5.41) is 3.71. The first-order valence-corrected chi connectivity index (χ1v) is 8.41. The van der Waals surface area contributed by atoms with Gasteiger partial charge in [-0.1, -0.05) is 22.9 Å². The smallest absolute Gasteiger partial charge is 0.266 e. The van der Waals surface area contributed by atoms with E-state index in [1.54, 1.807) is 31.2 Å². The maximum absolute atomic E-state index is 13.2. The van der Waals surface area contributed by atoms with Crippen molar-refractivity contribution in [3.05, 3.63) is 52.8 Å². The molecule has 4 nitrogen and oxygen atoms in total. The molecule has 0 saturated carbocycles. The Morgan fingerprint density at radius 2 is 2.12 bits per heavy atom. The van der Waals surface area contributed by atoms with Crippen LogP contribution in [0.2, 0.25) is 5.02 Å². The lowest BCUT2D eigenvalue weighted by Gasteiger charge is -2.15. The second-order valence-electron chi connectivity index (χ2n) is 5.29. The van der Waals surface area contributed by atoms with Crippen LogP contribution in [0.15, 0.2) is 36.4 Å². The van der Waals surface area contributed by atoms with Gasteiger partial charge in [0.05, 0.1) is 10.2 Å². The van der Waals surface area contributed by atoms with Crippen LogP contribution in [-0.2, 0) is 4.79 Å². The zero-order valence-corrected chi connectivity index (χ0v) is 14.5. The van der Waals surface area contributed by atoms with Crippen molar-refractivity contribution in [3.63, 3.8) is 0 Å². The van der Waals surface area contributed by atoms with Gasteiger partial charge < -0.3 is 4.74 Å². The highest BCUT2D eigenvalue weighted by Gasteiger charge is 2.17. The van der Waals surface area contributed by atoms with Crippen LogP contribution in [0.25, 0.3) is 10.2 Å². The highest BCUT2D eigenvalue weighted by molar-refractivity contribution is 7.22. The average Bonchev–Trinajstić information content (AvgIpc) is 2.91. The molecule has 1 heterocycles. The van der Waals surface area contributed by atoms with E-state index in [4.69, 9.17) is 16.3 Å². The first-order chi connectivity index (χ1) is 11.4. The minimum Gasteiger partial charge on any atom is -0.481 e. The molecule has 0 aliphatic rings. The highest BCUT2D eigenvalue weighted by atomic mass is 35.5. The lowest BCUT2D eigenvalue weighted by atomic mass is 10.2. The van der Waals surface area contributed by atoms with Gasteiger partial charge in [0.25, 0.3) is 5.91 Å². The van der Waals surface area contributed by atoms with Crippen molar-refractivity contribution >= 4 is 44.2 Å². The third-order valence-corrected chi connectivity index (χ3v) is 4.56. The average molecular weight is 365 g/mol. The Kier molecular flexibility index (Phi) is 4.69. The summed E-state index contributed by atoms with van der Waals surface area (Å²) in [5.74, 6) is -0.0729. The number of hydrogen-bond acceptors (Lipinski definition) is 4. The molecular weight excluding hydrogens is 351 g/mol. The molecule has 3 aromatic rings. The second kappa shape index (κ2) is 6.75. The number of nitrogens with one attached hydrogen (secondary N) is 1. The largest absolute Gasteiger partial charge is 0.481 e. The molecule has 0 unspecified atom stereocenters. The maximum atomic E-state index is 13.2. The third kappa shape index (κ3) is 3.66.